The van der Waals surface area contributed by atoms with Gasteiger partial charge in [0.1, 0.15) is 5.75 Å². The number of benzene rings is 4. The number of nitrogens with one attached hydrogen (secondary N) is 1. The average molecular weight is 473 g/mol. The molecule has 1 amide bonds. The molecule has 0 saturated carbocycles. The molecule has 6 nitrogen and oxygen atoms in total. The zero-order chi connectivity index (χ0) is 21.6. The number of phenols is 1. The van der Waals surface area contributed by atoms with Gasteiger partial charge in [-0.25, -0.2) is 5.43 Å². The molecule has 31 heavy (non-hydrogen) atoms. The second kappa shape index (κ2) is 9.32. The van der Waals surface area contributed by atoms with Crippen LogP contribution >= 0.6 is 15.9 Å². The summed E-state index contributed by atoms with van der Waals surface area (Å²) in [4.78, 5) is 12.2. The monoisotopic (exact) mass is 472 g/mol. The number of rotatable bonds is 5. The molecule has 7 heteroatoms. The third-order valence-corrected chi connectivity index (χ3v) is 5.23. The zero-order valence-corrected chi connectivity index (χ0v) is 17.8. The molecule has 0 radical (unpaired) electrons. The van der Waals surface area contributed by atoms with Crippen LogP contribution in [0.1, 0.15) is 15.9 Å². The zero-order valence-electron chi connectivity index (χ0n) is 16.2. The van der Waals surface area contributed by atoms with E-state index in [4.69, 9.17) is 0 Å². The molecule has 0 aliphatic rings. The summed E-state index contributed by atoms with van der Waals surface area (Å²) in [6.45, 7) is 0. The molecular formula is C24H17BrN4O2. The SMILES string of the molecule is O=C(N/N=C\c1cc(N=Nc2cccc3ccccc23)ccc1O)c1ccccc1Br. The lowest BCUT2D eigenvalue weighted by Crippen LogP contribution is -2.18. The molecule has 4 aromatic carbocycles. The molecule has 0 aliphatic heterocycles. The number of hydrogen-bond donors (Lipinski definition) is 2. The Morgan fingerprint density at radius 2 is 1.68 bits per heavy atom. The Kier molecular flexibility index (Phi) is 6.14. The quantitative estimate of drug-likeness (QED) is 0.197. The first-order valence-corrected chi connectivity index (χ1v) is 10.2. The van der Waals surface area contributed by atoms with Gasteiger partial charge in [0.25, 0.3) is 5.91 Å². The third kappa shape index (κ3) is 4.84. The molecule has 0 unspecified atom stereocenters. The van der Waals surface area contributed by atoms with Crippen LogP contribution in [0.25, 0.3) is 10.8 Å². The molecular weight excluding hydrogens is 456 g/mol. The number of carbonyl (C=O) groups is 1. The predicted octanol–water partition coefficient (Wildman–Crippen LogP) is 6.49. The molecule has 0 saturated heterocycles. The highest BCUT2D eigenvalue weighted by Crippen LogP contribution is 2.28. The van der Waals surface area contributed by atoms with Gasteiger partial charge in [-0.05, 0) is 57.7 Å². The van der Waals surface area contributed by atoms with Gasteiger partial charge in [0.15, 0.2) is 0 Å². The smallest absolute Gasteiger partial charge is 0.272 e. The van der Waals surface area contributed by atoms with Crippen LogP contribution in [-0.2, 0) is 0 Å². The summed E-state index contributed by atoms with van der Waals surface area (Å²) < 4.78 is 0.668. The molecule has 0 fully saturated rings. The molecule has 4 aromatic rings. The fourth-order valence-electron chi connectivity index (χ4n) is 2.98. The number of nitrogens with zero attached hydrogens (tertiary/aromatic N) is 3. The van der Waals surface area contributed by atoms with Gasteiger partial charge in [-0.15, -0.1) is 5.11 Å². The van der Waals surface area contributed by atoms with Crippen LogP contribution in [0.5, 0.6) is 5.75 Å². The van der Waals surface area contributed by atoms with Crippen LogP contribution < -0.4 is 5.43 Å². The Labute approximate surface area is 187 Å². The van der Waals surface area contributed by atoms with Crippen molar-refractivity contribution in [1.82, 2.24) is 5.43 Å². The lowest BCUT2D eigenvalue weighted by atomic mass is 10.1. The first-order valence-electron chi connectivity index (χ1n) is 9.42. The van der Waals surface area contributed by atoms with E-state index in [0.29, 0.717) is 21.3 Å². The van der Waals surface area contributed by atoms with Crippen LogP contribution in [0.15, 0.2) is 105 Å². The van der Waals surface area contributed by atoms with E-state index in [0.717, 1.165) is 16.5 Å². The highest BCUT2D eigenvalue weighted by Gasteiger charge is 2.08. The maximum absolute atomic E-state index is 12.2. The molecule has 4 rings (SSSR count). The number of hydrazone groups is 1. The largest absolute Gasteiger partial charge is 0.507 e. The molecule has 0 spiro atoms. The minimum Gasteiger partial charge on any atom is -0.507 e. The molecule has 0 atom stereocenters. The van der Waals surface area contributed by atoms with Crippen molar-refractivity contribution in [2.45, 2.75) is 0 Å². The van der Waals surface area contributed by atoms with Crippen LogP contribution in [0, 0.1) is 0 Å². The summed E-state index contributed by atoms with van der Waals surface area (Å²) in [5, 5.41) is 24.8. The Balaban J connectivity index is 1.52. The molecule has 152 valence electrons. The highest BCUT2D eigenvalue weighted by molar-refractivity contribution is 9.10. The summed E-state index contributed by atoms with van der Waals surface area (Å²) in [5.41, 5.74) is 4.61. The van der Waals surface area contributed by atoms with Crippen molar-refractivity contribution >= 4 is 50.2 Å². The molecule has 0 aliphatic carbocycles. The van der Waals surface area contributed by atoms with E-state index in [9.17, 15) is 9.90 Å². The van der Waals surface area contributed by atoms with Gasteiger partial charge < -0.3 is 5.11 Å². The van der Waals surface area contributed by atoms with Gasteiger partial charge in [0.05, 0.1) is 23.2 Å². The van der Waals surface area contributed by atoms with Crippen LogP contribution in [0.3, 0.4) is 0 Å². The normalized spacial score (nSPS) is 11.4. The average Bonchev–Trinajstić information content (AvgIpc) is 2.79. The lowest BCUT2D eigenvalue weighted by molar-refractivity contribution is 0.0954. The fraction of sp³-hybridized carbons (Fsp3) is 0. The second-order valence-electron chi connectivity index (χ2n) is 6.62. The Bertz CT molecular complexity index is 1310. The first-order chi connectivity index (χ1) is 15.1. The van der Waals surface area contributed by atoms with Crippen molar-refractivity contribution in [3.8, 4) is 5.75 Å². The van der Waals surface area contributed by atoms with E-state index in [1.165, 1.54) is 12.3 Å². The van der Waals surface area contributed by atoms with Crippen molar-refractivity contribution in [2.24, 2.45) is 15.3 Å². The van der Waals surface area contributed by atoms with Gasteiger partial charge in [-0.1, -0.05) is 48.5 Å². The van der Waals surface area contributed by atoms with Crippen LogP contribution in [0.4, 0.5) is 11.4 Å². The minimum absolute atomic E-state index is 0.0167. The molecule has 0 aromatic heterocycles. The number of amides is 1. The maximum Gasteiger partial charge on any atom is 0.272 e. The number of carbonyl (C=O) groups excluding carboxylic acids is 1. The number of azo groups is 1. The summed E-state index contributed by atoms with van der Waals surface area (Å²) in [5.74, 6) is -0.349. The van der Waals surface area contributed by atoms with Gasteiger partial charge in [0.2, 0.25) is 0 Å². The van der Waals surface area contributed by atoms with Crippen molar-refractivity contribution in [1.29, 1.82) is 0 Å². The predicted molar refractivity (Wildman–Crippen MR) is 125 cm³/mol. The van der Waals surface area contributed by atoms with Gasteiger partial charge >= 0.3 is 0 Å². The summed E-state index contributed by atoms with van der Waals surface area (Å²) >= 11 is 3.33. The fourth-order valence-corrected chi connectivity index (χ4v) is 3.45. The summed E-state index contributed by atoms with van der Waals surface area (Å²) in [7, 11) is 0. The van der Waals surface area contributed by atoms with Gasteiger partial charge in [-0.3, -0.25) is 4.79 Å². The van der Waals surface area contributed by atoms with Crippen LogP contribution in [0.2, 0.25) is 0 Å². The van der Waals surface area contributed by atoms with Crippen molar-refractivity contribution in [2.75, 3.05) is 0 Å². The molecule has 0 heterocycles. The lowest BCUT2D eigenvalue weighted by Gasteiger charge is -2.03. The summed E-state index contributed by atoms with van der Waals surface area (Å²) in [6.07, 6.45) is 1.36. The number of halogens is 1. The molecule has 2 N–H and O–H groups in total. The third-order valence-electron chi connectivity index (χ3n) is 4.54. The van der Waals surface area contributed by atoms with E-state index < -0.39 is 0 Å². The highest BCUT2D eigenvalue weighted by atomic mass is 79.9. The minimum atomic E-state index is -0.366. The second-order valence-corrected chi connectivity index (χ2v) is 7.47. The van der Waals surface area contributed by atoms with Gasteiger partial charge in [-0.2, -0.15) is 10.2 Å². The number of hydrogen-bond acceptors (Lipinski definition) is 5. The number of phenolic OH excluding ortho intramolecular Hbond substituents is 1. The standard InChI is InChI=1S/C24H17BrN4O2/c25-21-10-4-3-9-20(21)24(31)29-26-15-17-14-18(12-13-23(17)30)27-28-22-11-5-7-16-6-1-2-8-19(16)22/h1-15,30H,(H,29,31)/b26-15-,28-27?. The first kappa shape index (κ1) is 20.4. The van der Waals surface area contributed by atoms with Crippen molar-refractivity contribution in [3.05, 3.63) is 101 Å². The maximum atomic E-state index is 12.2. The number of aromatic hydroxyl groups is 1. The van der Waals surface area contributed by atoms with E-state index in [-0.39, 0.29) is 11.7 Å². The van der Waals surface area contributed by atoms with E-state index in [1.807, 2.05) is 48.5 Å². The van der Waals surface area contributed by atoms with E-state index in [1.54, 1.807) is 30.3 Å². The Morgan fingerprint density at radius 3 is 2.55 bits per heavy atom. The van der Waals surface area contributed by atoms with E-state index in [2.05, 4.69) is 36.7 Å². The Morgan fingerprint density at radius 1 is 0.903 bits per heavy atom. The molecule has 0 bridgehead atoms. The van der Waals surface area contributed by atoms with Gasteiger partial charge in [0, 0.05) is 15.4 Å². The van der Waals surface area contributed by atoms with Crippen LogP contribution in [-0.4, -0.2) is 17.2 Å². The Hall–Kier alpha value is -3.84. The summed E-state index contributed by atoms with van der Waals surface area (Å²) in [6, 6.07) is 25.6. The van der Waals surface area contributed by atoms with E-state index >= 15 is 0 Å². The van der Waals surface area contributed by atoms with Crippen molar-refractivity contribution in [3.63, 3.8) is 0 Å². The van der Waals surface area contributed by atoms with Crippen molar-refractivity contribution < 1.29 is 9.90 Å². The topological polar surface area (TPSA) is 86.4 Å². The number of fused-ring (bicyclic) bond motifs is 1.